The summed E-state index contributed by atoms with van der Waals surface area (Å²) >= 11 is 0. The Kier molecular flexibility index (Phi) is 6.13. The molecule has 5 nitrogen and oxygen atoms in total. The number of hydrogen-bond donors (Lipinski definition) is 0. The van der Waals surface area contributed by atoms with Gasteiger partial charge in [0, 0.05) is 11.1 Å². The number of methoxy groups -OCH3 is 1. The minimum atomic E-state index is -0.494. The third kappa shape index (κ3) is 4.51. The molecule has 0 unspecified atom stereocenters. The van der Waals surface area contributed by atoms with Crippen molar-refractivity contribution in [3.63, 3.8) is 0 Å². The predicted octanol–water partition coefficient (Wildman–Crippen LogP) is 5.50. The Morgan fingerprint density at radius 3 is 2.32 bits per heavy atom. The molecule has 1 aliphatic rings. The van der Waals surface area contributed by atoms with Gasteiger partial charge in [-0.3, -0.25) is 0 Å². The Morgan fingerprint density at radius 2 is 1.61 bits per heavy atom. The standard InChI is InChI=1S/C26H23NO4/c1-3-16-30-24-21(10-7-11-23(24)29-2)17-22-26(28)31-25(27-22)20-14-12-19(13-15-20)18-8-5-4-6-9-18/h4-15,17H,3,16H2,1-2H3/b22-17-. The lowest BCUT2D eigenvalue weighted by molar-refractivity contribution is -0.129. The summed E-state index contributed by atoms with van der Waals surface area (Å²) in [6.45, 7) is 2.57. The number of aliphatic imine (C=N–C) groups is 1. The number of rotatable bonds is 7. The minimum Gasteiger partial charge on any atom is -0.493 e. The molecule has 4 rings (SSSR count). The van der Waals surface area contributed by atoms with Gasteiger partial charge in [-0.05, 0) is 41.8 Å². The van der Waals surface area contributed by atoms with Crippen molar-refractivity contribution in [3.05, 3.63) is 89.6 Å². The van der Waals surface area contributed by atoms with Gasteiger partial charge in [0.2, 0.25) is 5.90 Å². The van der Waals surface area contributed by atoms with E-state index in [0.29, 0.717) is 23.7 Å². The van der Waals surface area contributed by atoms with Gasteiger partial charge in [0.25, 0.3) is 0 Å². The zero-order valence-electron chi connectivity index (χ0n) is 17.5. The van der Waals surface area contributed by atoms with E-state index in [0.717, 1.165) is 23.1 Å². The van der Waals surface area contributed by atoms with Crippen LogP contribution in [0.3, 0.4) is 0 Å². The molecule has 0 atom stereocenters. The van der Waals surface area contributed by atoms with Gasteiger partial charge >= 0.3 is 5.97 Å². The lowest BCUT2D eigenvalue weighted by Gasteiger charge is -2.12. The van der Waals surface area contributed by atoms with Crippen LogP contribution in [0, 0.1) is 0 Å². The van der Waals surface area contributed by atoms with Crippen LogP contribution in [0.25, 0.3) is 17.2 Å². The first-order valence-corrected chi connectivity index (χ1v) is 10.2. The highest BCUT2D eigenvalue weighted by Crippen LogP contribution is 2.33. The SMILES string of the molecule is CCCOc1c(/C=C2\N=C(c3ccc(-c4ccccc4)cc3)OC2=O)cccc1OC. The summed E-state index contributed by atoms with van der Waals surface area (Å²) < 4.78 is 16.7. The third-order valence-corrected chi connectivity index (χ3v) is 4.83. The van der Waals surface area contributed by atoms with Gasteiger partial charge in [-0.15, -0.1) is 0 Å². The van der Waals surface area contributed by atoms with Crippen LogP contribution in [-0.4, -0.2) is 25.6 Å². The number of esters is 1. The van der Waals surface area contributed by atoms with Crippen molar-refractivity contribution >= 4 is 17.9 Å². The van der Waals surface area contributed by atoms with Crippen LogP contribution in [-0.2, 0) is 9.53 Å². The summed E-state index contributed by atoms with van der Waals surface area (Å²) in [7, 11) is 1.59. The molecule has 156 valence electrons. The topological polar surface area (TPSA) is 57.1 Å². The van der Waals surface area contributed by atoms with E-state index in [1.165, 1.54) is 0 Å². The van der Waals surface area contributed by atoms with Crippen molar-refractivity contribution in [2.24, 2.45) is 4.99 Å². The second-order valence-electron chi connectivity index (χ2n) is 7.01. The van der Waals surface area contributed by atoms with E-state index in [1.54, 1.807) is 13.2 Å². The highest BCUT2D eigenvalue weighted by atomic mass is 16.6. The van der Waals surface area contributed by atoms with Gasteiger partial charge in [0.15, 0.2) is 17.2 Å². The molecule has 3 aromatic rings. The maximum Gasteiger partial charge on any atom is 0.363 e. The Balaban J connectivity index is 1.62. The molecule has 1 heterocycles. The molecule has 31 heavy (non-hydrogen) atoms. The normalized spacial score (nSPS) is 14.3. The van der Waals surface area contributed by atoms with Crippen molar-refractivity contribution < 1.29 is 19.0 Å². The Labute approximate surface area is 181 Å². The first-order valence-electron chi connectivity index (χ1n) is 10.2. The highest BCUT2D eigenvalue weighted by Gasteiger charge is 2.25. The number of cyclic esters (lactones) is 1. The highest BCUT2D eigenvalue weighted by molar-refractivity contribution is 6.13. The van der Waals surface area contributed by atoms with Gasteiger partial charge in [-0.2, -0.15) is 0 Å². The third-order valence-electron chi connectivity index (χ3n) is 4.83. The molecular weight excluding hydrogens is 390 g/mol. The van der Waals surface area contributed by atoms with Crippen LogP contribution >= 0.6 is 0 Å². The molecule has 0 spiro atoms. The van der Waals surface area contributed by atoms with Crippen LogP contribution in [0.2, 0.25) is 0 Å². The number of carbonyl (C=O) groups is 1. The van der Waals surface area contributed by atoms with E-state index in [1.807, 2.05) is 67.6 Å². The van der Waals surface area contributed by atoms with Crippen molar-refractivity contribution in [1.82, 2.24) is 0 Å². The second kappa shape index (κ2) is 9.30. The van der Waals surface area contributed by atoms with Gasteiger partial charge in [-0.25, -0.2) is 9.79 Å². The summed E-state index contributed by atoms with van der Waals surface area (Å²) in [5.74, 6) is 0.985. The van der Waals surface area contributed by atoms with E-state index in [2.05, 4.69) is 17.1 Å². The molecule has 0 fully saturated rings. The Bertz CT molecular complexity index is 1130. The summed E-state index contributed by atoms with van der Waals surface area (Å²) in [5, 5.41) is 0. The minimum absolute atomic E-state index is 0.219. The van der Waals surface area contributed by atoms with Crippen LogP contribution in [0.1, 0.15) is 24.5 Å². The first-order chi connectivity index (χ1) is 15.2. The lowest BCUT2D eigenvalue weighted by atomic mass is 10.0. The van der Waals surface area contributed by atoms with E-state index < -0.39 is 5.97 Å². The molecule has 0 aliphatic carbocycles. The average Bonchev–Trinajstić information content (AvgIpc) is 3.18. The smallest absolute Gasteiger partial charge is 0.363 e. The fourth-order valence-corrected chi connectivity index (χ4v) is 3.28. The van der Waals surface area contributed by atoms with Gasteiger partial charge in [-0.1, -0.05) is 61.5 Å². The van der Waals surface area contributed by atoms with E-state index in [-0.39, 0.29) is 11.6 Å². The molecule has 0 radical (unpaired) electrons. The van der Waals surface area contributed by atoms with Crippen molar-refractivity contribution in [1.29, 1.82) is 0 Å². The van der Waals surface area contributed by atoms with Crippen LogP contribution < -0.4 is 9.47 Å². The molecule has 5 heteroatoms. The second-order valence-corrected chi connectivity index (χ2v) is 7.01. The number of hydrogen-bond acceptors (Lipinski definition) is 5. The zero-order valence-corrected chi connectivity index (χ0v) is 17.5. The molecule has 0 amide bonds. The monoisotopic (exact) mass is 413 g/mol. The van der Waals surface area contributed by atoms with Crippen molar-refractivity contribution in [2.45, 2.75) is 13.3 Å². The Morgan fingerprint density at radius 1 is 0.903 bits per heavy atom. The summed E-state index contributed by atoms with van der Waals surface area (Å²) in [5.41, 5.74) is 3.88. The molecular formula is C26H23NO4. The van der Waals surface area contributed by atoms with Gasteiger partial charge in [0.05, 0.1) is 13.7 Å². The molecule has 0 bridgehead atoms. The lowest BCUT2D eigenvalue weighted by Crippen LogP contribution is -2.05. The molecule has 1 aliphatic heterocycles. The van der Waals surface area contributed by atoms with Gasteiger partial charge < -0.3 is 14.2 Å². The van der Waals surface area contributed by atoms with Gasteiger partial charge in [0.1, 0.15) is 0 Å². The quantitative estimate of drug-likeness (QED) is 0.379. The van der Waals surface area contributed by atoms with E-state index >= 15 is 0 Å². The fourth-order valence-electron chi connectivity index (χ4n) is 3.28. The number of para-hydroxylation sites is 1. The average molecular weight is 413 g/mol. The Hall–Kier alpha value is -3.86. The van der Waals surface area contributed by atoms with Crippen molar-refractivity contribution in [2.75, 3.05) is 13.7 Å². The molecule has 0 saturated heterocycles. The number of carbonyl (C=O) groups excluding carboxylic acids is 1. The number of nitrogens with zero attached hydrogens (tertiary/aromatic N) is 1. The summed E-state index contributed by atoms with van der Waals surface area (Å²) in [4.78, 5) is 16.9. The van der Waals surface area contributed by atoms with E-state index in [9.17, 15) is 4.79 Å². The largest absolute Gasteiger partial charge is 0.493 e. The summed E-state index contributed by atoms with van der Waals surface area (Å²) in [6.07, 6.45) is 2.53. The van der Waals surface area contributed by atoms with Crippen LogP contribution in [0.15, 0.2) is 83.5 Å². The fraction of sp³-hybridized carbons (Fsp3) is 0.154. The molecule has 3 aromatic carbocycles. The first kappa shape index (κ1) is 20.4. The van der Waals surface area contributed by atoms with Crippen molar-refractivity contribution in [3.8, 4) is 22.6 Å². The maximum atomic E-state index is 12.5. The predicted molar refractivity (Wildman–Crippen MR) is 121 cm³/mol. The molecule has 0 N–H and O–H groups in total. The zero-order chi connectivity index (χ0) is 21.6. The van der Waals surface area contributed by atoms with E-state index in [4.69, 9.17) is 14.2 Å². The van der Waals surface area contributed by atoms with Crippen LogP contribution in [0.4, 0.5) is 0 Å². The number of ether oxygens (including phenoxy) is 3. The number of benzene rings is 3. The molecule has 0 aromatic heterocycles. The molecule has 0 saturated carbocycles. The summed E-state index contributed by atoms with van der Waals surface area (Å²) in [6, 6.07) is 23.4. The van der Waals surface area contributed by atoms with Crippen LogP contribution in [0.5, 0.6) is 11.5 Å². The maximum absolute atomic E-state index is 12.5.